The molecule has 0 aliphatic carbocycles. The maximum Gasteiger partial charge on any atom is 0.295 e. The quantitative estimate of drug-likeness (QED) is 0.565. The van der Waals surface area contributed by atoms with Gasteiger partial charge in [-0.05, 0) is 25.1 Å². The predicted molar refractivity (Wildman–Crippen MR) is 106 cm³/mol. The topological polar surface area (TPSA) is 73.5 Å². The van der Waals surface area contributed by atoms with Crippen molar-refractivity contribution in [2.45, 2.75) is 13.0 Å². The fraction of sp³-hybridized carbons (Fsp3) is 0.227. The normalized spacial score (nSPS) is 17.0. The Kier molecular flexibility index (Phi) is 4.69. The summed E-state index contributed by atoms with van der Waals surface area (Å²) < 4.78 is 0. The van der Waals surface area contributed by atoms with E-state index in [0.717, 1.165) is 10.9 Å². The number of hydrogen-bond acceptors (Lipinski definition) is 3. The van der Waals surface area contributed by atoms with E-state index in [2.05, 4.69) is 4.98 Å². The lowest BCUT2D eigenvalue weighted by atomic mass is 10.1. The highest BCUT2D eigenvalue weighted by Gasteiger charge is 2.34. The molecule has 142 valence electrons. The number of nitrogens with one attached hydrogen (secondary N) is 1. The molecule has 0 unspecified atom stereocenters. The molecule has 1 aromatic heterocycles. The highest BCUT2D eigenvalue weighted by Crippen LogP contribution is 2.20. The number of H-pyrrole nitrogens is 1. The third kappa shape index (κ3) is 3.17. The number of carbonyl (C=O) groups is 3. The number of nitrogens with zero attached hydrogens (tertiary/aromatic N) is 2. The minimum Gasteiger partial charge on any atom is -0.360 e. The van der Waals surface area contributed by atoms with E-state index in [1.165, 1.54) is 0 Å². The van der Waals surface area contributed by atoms with Gasteiger partial charge in [-0.25, -0.2) is 0 Å². The summed E-state index contributed by atoms with van der Waals surface area (Å²) in [6, 6.07) is 16.3. The summed E-state index contributed by atoms with van der Waals surface area (Å²) in [4.78, 5) is 44.6. The van der Waals surface area contributed by atoms with Gasteiger partial charge in [-0.3, -0.25) is 14.4 Å². The predicted octanol–water partition coefficient (Wildman–Crippen LogP) is 2.72. The second-order valence-corrected chi connectivity index (χ2v) is 7.04. The van der Waals surface area contributed by atoms with E-state index in [1.54, 1.807) is 28.1 Å². The Morgan fingerprint density at radius 1 is 0.964 bits per heavy atom. The van der Waals surface area contributed by atoms with Crippen LogP contribution in [0.4, 0.5) is 0 Å². The van der Waals surface area contributed by atoms with Gasteiger partial charge in [-0.2, -0.15) is 0 Å². The molecule has 1 aliphatic rings. The van der Waals surface area contributed by atoms with E-state index in [1.807, 2.05) is 49.4 Å². The third-order valence-electron chi connectivity index (χ3n) is 5.22. The Morgan fingerprint density at radius 3 is 2.43 bits per heavy atom. The zero-order valence-corrected chi connectivity index (χ0v) is 15.6. The molecule has 6 heteroatoms. The first-order valence-electron chi connectivity index (χ1n) is 9.32. The summed E-state index contributed by atoms with van der Waals surface area (Å²) in [6.45, 7) is 3.02. The first-order valence-corrected chi connectivity index (χ1v) is 9.32. The average Bonchev–Trinajstić information content (AvgIpc) is 3.17. The highest BCUT2D eigenvalue weighted by atomic mass is 16.2. The Bertz CT molecular complexity index is 1040. The van der Waals surface area contributed by atoms with Gasteiger partial charge in [0.1, 0.15) is 0 Å². The van der Waals surface area contributed by atoms with Crippen molar-refractivity contribution in [2.24, 2.45) is 0 Å². The number of piperazine rings is 1. The standard InChI is InChI=1S/C22H21N3O3/c1-15-14-24(21(27)16-7-3-2-4-8-16)11-12-25(15)22(28)20(26)18-13-23-19-10-6-5-9-17(18)19/h2-10,13,15,23H,11-12,14H2,1H3/t15-/m0/s1. The number of benzene rings is 2. The molecule has 1 fully saturated rings. The van der Waals surface area contributed by atoms with Gasteiger partial charge in [0.2, 0.25) is 0 Å². The fourth-order valence-electron chi connectivity index (χ4n) is 3.71. The van der Waals surface area contributed by atoms with E-state index in [-0.39, 0.29) is 11.9 Å². The summed E-state index contributed by atoms with van der Waals surface area (Å²) in [5.41, 5.74) is 1.84. The van der Waals surface area contributed by atoms with Gasteiger partial charge in [0.05, 0.1) is 5.56 Å². The number of ketones is 1. The maximum atomic E-state index is 12.9. The summed E-state index contributed by atoms with van der Waals surface area (Å²) in [7, 11) is 0. The molecule has 1 aliphatic heterocycles. The molecule has 4 rings (SSSR count). The molecule has 1 saturated heterocycles. The van der Waals surface area contributed by atoms with E-state index >= 15 is 0 Å². The number of aromatic amines is 1. The van der Waals surface area contributed by atoms with Crippen molar-refractivity contribution in [1.29, 1.82) is 0 Å². The molecule has 0 radical (unpaired) electrons. The molecular weight excluding hydrogens is 354 g/mol. The Morgan fingerprint density at radius 2 is 1.68 bits per heavy atom. The van der Waals surface area contributed by atoms with Gasteiger partial charge >= 0.3 is 0 Å². The number of Topliss-reactive ketones (excluding diaryl/α,β-unsaturated/α-hetero) is 1. The molecular formula is C22H21N3O3. The van der Waals surface area contributed by atoms with Crippen molar-refractivity contribution in [2.75, 3.05) is 19.6 Å². The monoisotopic (exact) mass is 375 g/mol. The minimum atomic E-state index is -0.524. The SMILES string of the molecule is C[C@H]1CN(C(=O)c2ccccc2)CCN1C(=O)C(=O)c1c[nH]c2ccccc12. The number of amides is 2. The van der Waals surface area contributed by atoms with Crippen LogP contribution in [-0.4, -0.2) is 58.1 Å². The maximum absolute atomic E-state index is 12.9. The van der Waals surface area contributed by atoms with Crippen molar-refractivity contribution < 1.29 is 14.4 Å². The van der Waals surface area contributed by atoms with Crippen LogP contribution in [0.2, 0.25) is 0 Å². The van der Waals surface area contributed by atoms with Crippen LogP contribution < -0.4 is 0 Å². The molecule has 2 aromatic carbocycles. The molecule has 0 bridgehead atoms. The van der Waals surface area contributed by atoms with Crippen LogP contribution in [0, 0.1) is 0 Å². The highest BCUT2D eigenvalue weighted by molar-refractivity contribution is 6.44. The number of hydrogen-bond donors (Lipinski definition) is 1. The number of para-hydroxylation sites is 1. The molecule has 6 nitrogen and oxygen atoms in total. The van der Waals surface area contributed by atoms with Crippen LogP contribution in [0.1, 0.15) is 27.6 Å². The molecule has 3 aromatic rings. The van der Waals surface area contributed by atoms with Gasteiger partial charge in [-0.1, -0.05) is 36.4 Å². The lowest BCUT2D eigenvalue weighted by Crippen LogP contribution is -2.56. The summed E-state index contributed by atoms with van der Waals surface area (Å²) in [5, 5.41) is 0.742. The van der Waals surface area contributed by atoms with E-state index < -0.39 is 11.7 Å². The number of carbonyl (C=O) groups excluding carboxylic acids is 3. The molecule has 2 amide bonds. The van der Waals surface area contributed by atoms with Gasteiger partial charge in [0.25, 0.3) is 17.6 Å². The van der Waals surface area contributed by atoms with Crippen molar-refractivity contribution in [3.8, 4) is 0 Å². The van der Waals surface area contributed by atoms with Crippen molar-refractivity contribution in [1.82, 2.24) is 14.8 Å². The smallest absolute Gasteiger partial charge is 0.295 e. The number of rotatable bonds is 3. The third-order valence-corrected chi connectivity index (χ3v) is 5.22. The Hall–Kier alpha value is -3.41. The fourth-order valence-corrected chi connectivity index (χ4v) is 3.71. The summed E-state index contributed by atoms with van der Waals surface area (Å²) >= 11 is 0. The lowest BCUT2D eigenvalue weighted by molar-refractivity contribution is -0.130. The van der Waals surface area contributed by atoms with Crippen molar-refractivity contribution in [3.05, 3.63) is 71.9 Å². The van der Waals surface area contributed by atoms with Crippen LogP contribution in [0.5, 0.6) is 0 Å². The summed E-state index contributed by atoms with van der Waals surface area (Å²) in [6.07, 6.45) is 1.59. The van der Waals surface area contributed by atoms with Crippen LogP contribution >= 0.6 is 0 Å². The second-order valence-electron chi connectivity index (χ2n) is 7.04. The zero-order chi connectivity index (χ0) is 19.7. The Labute approximate surface area is 162 Å². The van der Waals surface area contributed by atoms with Gasteiger partial charge in [0, 0.05) is 48.3 Å². The van der Waals surface area contributed by atoms with Crippen molar-refractivity contribution in [3.63, 3.8) is 0 Å². The van der Waals surface area contributed by atoms with E-state index in [4.69, 9.17) is 0 Å². The first kappa shape index (κ1) is 18.0. The minimum absolute atomic E-state index is 0.0532. The van der Waals surface area contributed by atoms with Gasteiger partial charge < -0.3 is 14.8 Å². The number of fused-ring (bicyclic) bond motifs is 1. The van der Waals surface area contributed by atoms with Gasteiger partial charge in [0.15, 0.2) is 0 Å². The largest absolute Gasteiger partial charge is 0.360 e. The molecule has 28 heavy (non-hydrogen) atoms. The number of aromatic nitrogens is 1. The van der Waals surface area contributed by atoms with Crippen LogP contribution in [0.3, 0.4) is 0 Å². The van der Waals surface area contributed by atoms with Crippen LogP contribution in [0.25, 0.3) is 10.9 Å². The molecule has 2 heterocycles. The molecule has 0 saturated carbocycles. The first-order chi connectivity index (χ1) is 13.6. The second kappa shape index (κ2) is 7.31. The molecule has 1 N–H and O–H groups in total. The zero-order valence-electron chi connectivity index (χ0n) is 15.6. The Balaban J connectivity index is 1.48. The van der Waals surface area contributed by atoms with E-state index in [0.29, 0.717) is 30.8 Å². The van der Waals surface area contributed by atoms with Crippen LogP contribution in [0.15, 0.2) is 60.8 Å². The van der Waals surface area contributed by atoms with E-state index in [9.17, 15) is 14.4 Å². The summed E-state index contributed by atoms with van der Waals surface area (Å²) in [5.74, 6) is -1.10. The average molecular weight is 375 g/mol. The van der Waals surface area contributed by atoms with Crippen LogP contribution in [-0.2, 0) is 4.79 Å². The van der Waals surface area contributed by atoms with Crippen molar-refractivity contribution >= 4 is 28.5 Å². The molecule has 0 spiro atoms. The van der Waals surface area contributed by atoms with Gasteiger partial charge in [-0.15, -0.1) is 0 Å². The lowest BCUT2D eigenvalue weighted by Gasteiger charge is -2.39. The molecule has 1 atom stereocenters.